The van der Waals surface area contributed by atoms with Gasteiger partial charge in [-0.05, 0) is 37.7 Å². The van der Waals surface area contributed by atoms with Gasteiger partial charge in [0.25, 0.3) is 10.2 Å². The van der Waals surface area contributed by atoms with Gasteiger partial charge in [-0.2, -0.15) is 17.4 Å². The van der Waals surface area contributed by atoms with Crippen LogP contribution in [-0.4, -0.2) is 56.8 Å². The van der Waals surface area contributed by atoms with E-state index in [0.29, 0.717) is 19.0 Å². The number of benzene rings is 1. The number of carbonyl (C=O) groups excluding carboxylic acids is 1. The van der Waals surface area contributed by atoms with Gasteiger partial charge in [-0.25, -0.2) is 0 Å². The highest BCUT2D eigenvalue weighted by atomic mass is 32.2. The molecule has 1 fully saturated rings. The Morgan fingerprint density at radius 3 is 2.38 bits per heavy atom. The monoisotopic (exact) mass is 353 g/mol. The Balaban J connectivity index is 1.84. The van der Waals surface area contributed by atoms with Crippen molar-refractivity contribution in [3.8, 4) is 0 Å². The highest BCUT2D eigenvalue weighted by Gasteiger charge is 2.28. The summed E-state index contributed by atoms with van der Waals surface area (Å²) in [5.41, 5.74) is 1.33. The van der Waals surface area contributed by atoms with Crippen molar-refractivity contribution in [3.63, 3.8) is 0 Å². The van der Waals surface area contributed by atoms with Gasteiger partial charge in [-0.1, -0.05) is 30.3 Å². The minimum atomic E-state index is -3.60. The van der Waals surface area contributed by atoms with Crippen LogP contribution < -0.4 is 4.72 Å². The molecule has 0 bridgehead atoms. The van der Waals surface area contributed by atoms with E-state index in [9.17, 15) is 13.2 Å². The van der Waals surface area contributed by atoms with Crippen molar-refractivity contribution >= 4 is 16.1 Å². The predicted octanol–water partition coefficient (Wildman–Crippen LogP) is 1.25. The number of piperidine rings is 1. The largest absolute Gasteiger partial charge is 0.341 e. The maximum atomic E-state index is 12.4. The van der Waals surface area contributed by atoms with Crippen molar-refractivity contribution in [2.75, 3.05) is 27.2 Å². The van der Waals surface area contributed by atoms with Gasteiger partial charge in [-0.3, -0.25) is 4.79 Å². The zero-order valence-electron chi connectivity index (χ0n) is 14.6. The normalized spacial score (nSPS) is 17.9. The summed E-state index contributed by atoms with van der Waals surface area (Å²) in [4.78, 5) is 14.2. The van der Waals surface area contributed by atoms with E-state index in [1.165, 1.54) is 19.7 Å². The van der Waals surface area contributed by atoms with Crippen LogP contribution in [0.25, 0.3) is 0 Å². The van der Waals surface area contributed by atoms with Gasteiger partial charge < -0.3 is 4.90 Å². The molecule has 0 saturated carbocycles. The van der Waals surface area contributed by atoms with Gasteiger partial charge in [0.05, 0.1) is 6.04 Å². The molecule has 1 N–H and O–H groups in total. The Labute approximate surface area is 145 Å². The fourth-order valence-electron chi connectivity index (χ4n) is 2.96. The summed E-state index contributed by atoms with van der Waals surface area (Å²) >= 11 is 0. The van der Waals surface area contributed by atoms with Gasteiger partial charge in [0.2, 0.25) is 5.91 Å². The number of rotatable bonds is 6. The van der Waals surface area contributed by atoms with Crippen molar-refractivity contribution in [1.29, 1.82) is 0 Å². The number of nitrogens with zero attached hydrogens (tertiary/aromatic N) is 2. The molecule has 1 aromatic carbocycles. The molecule has 1 aliphatic heterocycles. The number of amides is 1. The second-order valence-electron chi connectivity index (χ2n) is 6.59. The van der Waals surface area contributed by atoms with E-state index in [1.807, 2.05) is 18.2 Å². The van der Waals surface area contributed by atoms with E-state index < -0.39 is 16.3 Å². The Hall–Kier alpha value is -1.44. The Kier molecular flexibility index (Phi) is 6.37. The number of hydrogen-bond donors (Lipinski definition) is 1. The fraction of sp³-hybridized carbons (Fsp3) is 0.588. The first-order valence-corrected chi connectivity index (χ1v) is 9.76. The van der Waals surface area contributed by atoms with Crippen LogP contribution in [0.2, 0.25) is 0 Å². The molecule has 0 radical (unpaired) electrons. The Bertz CT molecular complexity index is 638. The average molecular weight is 353 g/mol. The SMILES string of the molecule is C[C@H](NS(=O)(=O)N(C)C)C(=O)N1CCC(Cc2ccccc2)CC1. The van der Waals surface area contributed by atoms with Crippen molar-refractivity contribution in [1.82, 2.24) is 13.9 Å². The second kappa shape index (κ2) is 8.09. The molecule has 1 atom stereocenters. The minimum Gasteiger partial charge on any atom is -0.341 e. The lowest BCUT2D eigenvalue weighted by Gasteiger charge is -2.34. The summed E-state index contributed by atoms with van der Waals surface area (Å²) in [7, 11) is -0.719. The Morgan fingerprint density at radius 2 is 1.83 bits per heavy atom. The van der Waals surface area contributed by atoms with Crippen molar-refractivity contribution in [3.05, 3.63) is 35.9 Å². The summed E-state index contributed by atoms with van der Waals surface area (Å²) in [5.74, 6) is 0.420. The van der Waals surface area contributed by atoms with Crippen molar-refractivity contribution in [2.45, 2.75) is 32.2 Å². The lowest BCUT2D eigenvalue weighted by Crippen LogP contribution is -2.51. The molecule has 2 rings (SSSR count). The highest BCUT2D eigenvalue weighted by molar-refractivity contribution is 7.87. The molecule has 0 unspecified atom stereocenters. The van der Waals surface area contributed by atoms with Gasteiger partial charge >= 0.3 is 0 Å². The van der Waals surface area contributed by atoms with Crippen LogP contribution in [-0.2, 0) is 21.4 Å². The van der Waals surface area contributed by atoms with E-state index in [2.05, 4.69) is 16.9 Å². The summed E-state index contributed by atoms with van der Waals surface area (Å²) in [5, 5.41) is 0. The maximum Gasteiger partial charge on any atom is 0.279 e. The summed E-state index contributed by atoms with van der Waals surface area (Å²) in [6, 6.07) is 9.63. The van der Waals surface area contributed by atoms with Crippen LogP contribution in [0.15, 0.2) is 30.3 Å². The van der Waals surface area contributed by atoms with Crippen LogP contribution in [0, 0.1) is 5.92 Å². The van der Waals surface area contributed by atoms with Crippen LogP contribution in [0.5, 0.6) is 0 Å². The number of carbonyl (C=O) groups is 1. The second-order valence-corrected chi connectivity index (χ2v) is 8.50. The van der Waals surface area contributed by atoms with Crippen molar-refractivity contribution in [2.24, 2.45) is 5.92 Å². The molecule has 6 nitrogen and oxygen atoms in total. The van der Waals surface area contributed by atoms with E-state index in [0.717, 1.165) is 23.6 Å². The topological polar surface area (TPSA) is 69.7 Å². The van der Waals surface area contributed by atoms with Crippen LogP contribution in [0.1, 0.15) is 25.3 Å². The van der Waals surface area contributed by atoms with E-state index >= 15 is 0 Å². The number of likely N-dealkylation sites (tertiary alicyclic amines) is 1. The first-order chi connectivity index (χ1) is 11.3. The molecule has 0 aliphatic carbocycles. The highest BCUT2D eigenvalue weighted by Crippen LogP contribution is 2.22. The van der Waals surface area contributed by atoms with Gasteiger partial charge in [0, 0.05) is 27.2 Å². The zero-order valence-corrected chi connectivity index (χ0v) is 15.4. The quantitative estimate of drug-likeness (QED) is 0.837. The van der Waals surface area contributed by atoms with E-state index in [4.69, 9.17) is 0 Å². The third kappa shape index (κ3) is 5.03. The molecule has 7 heteroatoms. The standard InChI is InChI=1S/C17H27N3O3S/c1-14(18-24(22,23)19(2)3)17(21)20-11-9-16(10-12-20)13-15-7-5-4-6-8-15/h4-8,14,16,18H,9-13H2,1-3H3/t14-/m0/s1. The maximum absolute atomic E-state index is 12.4. The molecule has 1 aliphatic rings. The molecule has 1 saturated heterocycles. The van der Waals surface area contributed by atoms with Crippen LogP contribution in [0.4, 0.5) is 0 Å². The first kappa shape index (κ1) is 18.9. The Morgan fingerprint density at radius 1 is 1.25 bits per heavy atom. The van der Waals surface area contributed by atoms with Gasteiger partial charge in [0.1, 0.15) is 0 Å². The number of hydrogen-bond acceptors (Lipinski definition) is 3. The molecule has 1 aromatic rings. The van der Waals surface area contributed by atoms with Gasteiger partial charge in [0.15, 0.2) is 0 Å². The minimum absolute atomic E-state index is 0.154. The summed E-state index contributed by atoms with van der Waals surface area (Å²) in [6.45, 7) is 2.97. The first-order valence-electron chi connectivity index (χ1n) is 8.32. The zero-order chi connectivity index (χ0) is 17.7. The average Bonchev–Trinajstić information content (AvgIpc) is 2.55. The lowest BCUT2D eigenvalue weighted by atomic mass is 9.90. The molecule has 0 spiro atoms. The summed E-state index contributed by atoms with van der Waals surface area (Å²) < 4.78 is 27.1. The molecule has 24 heavy (non-hydrogen) atoms. The molecular weight excluding hydrogens is 326 g/mol. The third-order valence-corrected chi connectivity index (χ3v) is 6.08. The van der Waals surface area contributed by atoms with Crippen LogP contribution >= 0.6 is 0 Å². The molecule has 1 amide bonds. The number of nitrogens with one attached hydrogen (secondary N) is 1. The molecular formula is C17H27N3O3S. The summed E-state index contributed by atoms with van der Waals surface area (Å²) in [6.07, 6.45) is 2.94. The van der Waals surface area contributed by atoms with Crippen molar-refractivity contribution < 1.29 is 13.2 Å². The fourth-order valence-corrected chi connectivity index (χ4v) is 3.72. The smallest absolute Gasteiger partial charge is 0.279 e. The molecule has 134 valence electrons. The van der Waals surface area contributed by atoms with E-state index in [1.54, 1.807) is 11.8 Å². The lowest BCUT2D eigenvalue weighted by molar-refractivity contribution is -0.134. The van der Waals surface area contributed by atoms with Gasteiger partial charge in [-0.15, -0.1) is 0 Å². The van der Waals surface area contributed by atoms with Crippen LogP contribution in [0.3, 0.4) is 0 Å². The molecule has 0 aromatic heterocycles. The van der Waals surface area contributed by atoms with E-state index in [-0.39, 0.29) is 5.91 Å². The third-order valence-electron chi connectivity index (χ3n) is 4.47. The predicted molar refractivity (Wildman–Crippen MR) is 94.7 cm³/mol. The molecule has 1 heterocycles.